The van der Waals surface area contributed by atoms with Crippen LogP contribution >= 0.6 is 0 Å². The molecular formula is C26H24F3N. The van der Waals surface area contributed by atoms with Gasteiger partial charge in [0.05, 0.1) is 5.56 Å². The Balaban J connectivity index is 1.78. The third-order valence-electron chi connectivity index (χ3n) is 4.96. The van der Waals surface area contributed by atoms with Crippen LogP contribution in [-0.2, 0) is 12.8 Å². The molecule has 0 atom stereocenters. The van der Waals surface area contributed by atoms with Crippen LogP contribution in [0.25, 0.3) is 11.1 Å². The first-order valence-corrected chi connectivity index (χ1v) is 10.3. The SMILES string of the molecule is CCCCc1ccc(-c2ccc(C#Cc3ccc(CCC)c(F)c3F)nc2)cc1F. The Morgan fingerprint density at radius 2 is 1.53 bits per heavy atom. The Morgan fingerprint density at radius 3 is 2.20 bits per heavy atom. The van der Waals surface area contributed by atoms with Gasteiger partial charge in [-0.1, -0.05) is 56.9 Å². The van der Waals surface area contributed by atoms with Crippen molar-refractivity contribution >= 4 is 0 Å². The van der Waals surface area contributed by atoms with Gasteiger partial charge in [0.15, 0.2) is 11.6 Å². The Bertz CT molecular complexity index is 1080. The van der Waals surface area contributed by atoms with Crippen molar-refractivity contribution in [1.29, 1.82) is 0 Å². The van der Waals surface area contributed by atoms with Crippen LogP contribution in [0.3, 0.4) is 0 Å². The predicted octanol–water partition coefficient (Wildman–Crippen LogP) is 6.86. The highest BCUT2D eigenvalue weighted by Crippen LogP contribution is 2.23. The molecule has 4 heteroatoms. The summed E-state index contributed by atoms with van der Waals surface area (Å²) in [4.78, 5) is 4.26. The number of pyridine rings is 1. The Hall–Kier alpha value is -3.06. The summed E-state index contributed by atoms with van der Waals surface area (Å²) in [5, 5.41) is 0. The van der Waals surface area contributed by atoms with Crippen molar-refractivity contribution in [2.75, 3.05) is 0 Å². The molecule has 0 N–H and O–H groups in total. The van der Waals surface area contributed by atoms with E-state index < -0.39 is 11.6 Å². The van der Waals surface area contributed by atoms with Gasteiger partial charge in [0.25, 0.3) is 0 Å². The van der Waals surface area contributed by atoms with E-state index in [1.165, 1.54) is 12.1 Å². The zero-order valence-electron chi connectivity index (χ0n) is 17.2. The molecule has 0 saturated carbocycles. The maximum Gasteiger partial charge on any atom is 0.174 e. The fourth-order valence-corrected chi connectivity index (χ4v) is 3.22. The van der Waals surface area contributed by atoms with E-state index in [0.717, 1.165) is 42.4 Å². The largest absolute Gasteiger partial charge is 0.247 e. The molecular weight excluding hydrogens is 383 g/mol. The molecule has 0 amide bonds. The second-order valence-corrected chi connectivity index (χ2v) is 7.24. The molecule has 2 aromatic carbocycles. The van der Waals surface area contributed by atoms with E-state index >= 15 is 0 Å². The number of halogens is 3. The van der Waals surface area contributed by atoms with Gasteiger partial charge in [-0.25, -0.2) is 18.2 Å². The van der Waals surface area contributed by atoms with Crippen molar-refractivity contribution in [2.45, 2.75) is 46.0 Å². The number of unbranched alkanes of at least 4 members (excludes halogenated alkanes) is 1. The monoisotopic (exact) mass is 407 g/mol. The maximum atomic E-state index is 14.3. The molecule has 154 valence electrons. The molecule has 30 heavy (non-hydrogen) atoms. The number of benzene rings is 2. The van der Waals surface area contributed by atoms with Crippen molar-refractivity contribution < 1.29 is 13.2 Å². The van der Waals surface area contributed by atoms with Crippen LogP contribution in [-0.4, -0.2) is 4.98 Å². The molecule has 0 aliphatic heterocycles. The van der Waals surface area contributed by atoms with Crippen LogP contribution in [0.4, 0.5) is 13.2 Å². The topological polar surface area (TPSA) is 12.9 Å². The number of hydrogen-bond acceptors (Lipinski definition) is 1. The van der Waals surface area contributed by atoms with Crippen LogP contribution < -0.4 is 0 Å². The van der Waals surface area contributed by atoms with Crippen molar-refractivity contribution in [3.05, 3.63) is 88.5 Å². The van der Waals surface area contributed by atoms with Gasteiger partial charge in [-0.2, -0.15) is 0 Å². The van der Waals surface area contributed by atoms with Gasteiger partial charge in [0.1, 0.15) is 11.5 Å². The molecule has 0 fully saturated rings. The maximum absolute atomic E-state index is 14.3. The minimum atomic E-state index is -0.927. The molecule has 0 bridgehead atoms. The molecule has 0 unspecified atom stereocenters. The van der Waals surface area contributed by atoms with E-state index in [4.69, 9.17) is 0 Å². The summed E-state index contributed by atoms with van der Waals surface area (Å²) in [6.07, 6.45) is 5.53. The zero-order valence-corrected chi connectivity index (χ0v) is 17.2. The van der Waals surface area contributed by atoms with Gasteiger partial charge >= 0.3 is 0 Å². The second kappa shape index (κ2) is 10.1. The smallest absolute Gasteiger partial charge is 0.174 e. The van der Waals surface area contributed by atoms with Gasteiger partial charge in [0, 0.05) is 11.8 Å². The van der Waals surface area contributed by atoms with E-state index in [1.54, 1.807) is 24.4 Å². The summed E-state index contributed by atoms with van der Waals surface area (Å²) in [6.45, 7) is 3.99. The third-order valence-corrected chi connectivity index (χ3v) is 4.96. The highest BCUT2D eigenvalue weighted by Gasteiger charge is 2.11. The average molecular weight is 407 g/mol. The van der Waals surface area contributed by atoms with Gasteiger partial charge in [-0.05, 0) is 60.1 Å². The molecule has 0 aliphatic carbocycles. The zero-order chi connectivity index (χ0) is 21.5. The fraction of sp³-hybridized carbons (Fsp3) is 0.269. The Labute approximate surface area is 176 Å². The summed E-state index contributed by atoms with van der Waals surface area (Å²) in [5.41, 5.74) is 3.01. The van der Waals surface area contributed by atoms with Crippen LogP contribution in [0, 0.1) is 29.3 Å². The van der Waals surface area contributed by atoms with E-state index in [-0.39, 0.29) is 11.4 Å². The predicted molar refractivity (Wildman–Crippen MR) is 115 cm³/mol. The molecule has 0 spiro atoms. The van der Waals surface area contributed by atoms with Crippen molar-refractivity contribution in [2.24, 2.45) is 0 Å². The van der Waals surface area contributed by atoms with Crippen LogP contribution in [0.5, 0.6) is 0 Å². The molecule has 1 heterocycles. The first-order valence-electron chi connectivity index (χ1n) is 10.3. The summed E-state index contributed by atoms with van der Waals surface area (Å²) < 4.78 is 42.5. The highest BCUT2D eigenvalue weighted by atomic mass is 19.2. The van der Waals surface area contributed by atoms with Crippen LogP contribution in [0.2, 0.25) is 0 Å². The third kappa shape index (κ3) is 5.10. The van der Waals surface area contributed by atoms with Crippen molar-refractivity contribution in [1.82, 2.24) is 4.98 Å². The van der Waals surface area contributed by atoms with Crippen molar-refractivity contribution in [3.63, 3.8) is 0 Å². The summed E-state index contributed by atoms with van der Waals surface area (Å²) >= 11 is 0. The van der Waals surface area contributed by atoms with E-state index in [2.05, 4.69) is 23.7 Å². The molecule has 0 aliphatic rings. The normalized spacial score (nSPS) is 10.6. The Morgan fingerprint density at radius 1 is 0.767 bits per heavy atom. The fourth-order valence-electron chi connectivity index (χ4n) is 3.22. The van der Waals surface area contributed by atoms with Crippen molar-refractivity contribution in [3.8, 4) is 23.0 Å². The average Bonchev–Trinajstić information content (AvgIpc) is 2.76. The highest BCUT2D eigenvalue weighted by molar-refractivity contribution is 5.63. The summed E-state index contributed by atoms with van der Waals surface area (Å²) in [5.74, 6) is 3.43. The lowest BCUT2D eigenvalue weighted by Gasteiger charge is -2.06. The van der Waals surface area contributed by atoms with E-state index in [1.807, 2.05) is 19.1 Å². The van der Waals surface area contributed by atoms with E-state index in [0.29, 0.717) is 17.7 Å². The molecule has 0 radical (unpaired) electrons. The first-order chi connectivity index (χ1) is 14.5. The lowest BCUT2D eigenvalue weighted by atomic mass is 10.0. The lowest BCUT2D eigenvalue weighted by molar-refractivity contribution is 0.496. The molecule has 3 rings (SSSR count). The first kappa shape index (κ1) is 21.6. The number of aryl methyl sites for hydroxylation is 2. The summed E-state index contributed by atoms with van der Waals surface area (Å²) in [6, 6.07) is 11.8. The van der Waals surface area contributed by atoms with Gasteiger partial charge in [-0.15, -0.1) is 0 Å². The second-order valence-electron chi connectivity index (χ2n) is 7.24. The number of hydrogen-bond donors (Lipinski definition) is 0. The number of aromatic nitrogens is 1. The van der Waals surface area contributed by atoms with Crippen LogP contribution in [0.15, 0.2) is 48.7 Å². The molecule has 0 saturated heterocycles. The molecule has 3 aromatic rings. The van der Waals surface area contributed by atoms with Gasteiger partial charge in [-0.3, -0.25) is 0 Å². The van der Waals surface area contributed by atoms with E-state index in [9.17, 15) is 13.2 Å². The minimum absolute atomic E-state index is 0.00275. The van der Waals surface area contributed by atoms with Gasteiger partial charge < -0.3 is 0 Å². The molecule has 1 nitrogen and oxygen atoms in total. The number of nitrogens with zero attached hydrogens (tertiary/aromatic N) is 1. The Kier molecular flexibility index (Phi) is 7.30. The standard InChI is InChI=1S/C26H24F3N/c1-3-5-7-18-8-11-21(16-24(18)27)22-13-15-23(30-17-22)14-12-20-10-9-19(6-4-2)25(28)26(20)29/h8-11,13,15-17H,3-7H2,1-2H3. The summed E-state index contributed by atoms with van der Waals surface area (Å²) in [7, 11) is 0. The molecule has 1 aromatic heterocycles. The van der Waals surface area contributed by atoms with Gasteiger partial charge in [0.2, 0.25) is 0 Å². The lowest BCUT2D eigenvalue weighted by Crippen LogP contribution is -1.97. The van der Waals surface area contributed by atoms with Crippen LogP contribution in [0.1, 0.15) is 55.5 Å². The number of rotatable bonds is 6. The quantitative estimate of drug-likeness (QED) is 0.407. The minimum Gasteiger partial charge on any atom is -0.247 e.